The first-order valence-electron chi connectivity index (χ1n) is 4.26. The molecule has 1 fully saturated rings. The molecule has 0 unspecified atom stereocenters. The monoisotopic (exact) mass is 165 g/mol. The van der Waals surface area contributed by atoms with Crippen molar-refractivity contribution in [1.29, 1.82) is 0 Å². The molecule has 0 aliphatic carbocycles. The van der Waals surface area contributed by atoms with Crippen LogP contribution in [-0.2, 0) is 17.8 Å². The van der Waals surface area contributed by atoms with E-state index in [2.05, 4.69) is 15.1 Å². The summed E-state index contributed by atoms with van der Waals surface area (Å²) < 4.78 is 5.16. The number of ether oxygens (including phenoxy) is 1. The van der Waals surface area contributed by atoms with Gasteiger partial charge in [0, 0.05) is 18.7 Å². The highest BCUT2D eigenvalue weighted by Crippen LogP contribution is 2.24. The van der Waals surface area contributed by atoms with Gasteiger partial charge in [-0.15, -0.1) is 0 Å². The van der Waals surface area contributed by atoms with Crippen LogP contribution in [0.15, 0.2) is 6.20 Å². The summed E-state index contributed by atoms with van der Waals surface area (Å²) in [5, 5.41) is 7.02. The van der Waals surface area contributed by atoms with Crippen molar-refractivity contribution in [2.24, 2.45) is 0 Å². The Hall–Kier alpha value is -0.870. The smallest absolute Gasteiger partial charge is 0.0645 e. The van der Waals surface area contributed by atoms with Crippen LogP contribution < -0.4 is 0 Å². The molecule has 4 heteroatoms. The maximum atomic E-state index is 5.16. The summed E-state index contributed by atoms with van der Waals surface area (Å²) in [6.45, 7) is 3.86. The van der Waals surface area contributed by atoms with Crippen LogP contribution in [0.25, 0.3) is 0 Å². The first-order valence-corrected chi connectivity index (χ1v) is 4.26. The van der Waals surface area contributed by atoms with Gasteiger partial charge in [-0.2, -0.15) is 5.10 Å². The number of rotatable bonds is 1. The summed E-state index contributed by atoms with van der Waals surface area (Å²) in [7, 11) is 0. The summed E-state index contributed by atoms with van der Waals surface area (Å²) in [6, 6.07) is 0.644. The minimum absolute atomic E-state index is 0.644. The fourth-order valence-corrected chi connectivity index (χ4v) is 1.78. The number of fused-ring (bicyclic) bond motifs is 1. The van der Waals surface area contributed by atoms with Gasteiger partial charge in [-0.25, -0.2) is 0 Å². The van der Waals surface area contributed by atoms with Gasteiger partial charge in [-0.05, 0) is 0 Å². The van der Waals surface area contributed by atoms with Gasteiger partial charge in [-0.1, -0.05) is 0 Å². The summed E-state index contributed by atoms with van der Waals surface area (Å²) in [6.07, 6.45) is 1.93. The number of hydrogen-bond donors (Lipinski definition) is 1. The van der Waals surface area contributed by atoms with Gasteiger partial charge in [0.1, 0.15) is 0 Å². The Bertz CT molecular complexity index is 272. The lowest BCUT2D eigenvalue weighted by Gasteiger charge is -2.34. The number of nitrogens with one attached hydrogen (secondary N) is 1. The molecule has 0 saturated carbocycles. The van der Waals surface area contributed by atoms with E-state index in [0.29, 0.717) is 6.04 Å². The second kappa shape index (κ2) is 2.31. The van der Waals surface area contributed by atoms with Crippen LogP contribution in [0.1, 0.15) is 11.3 Å². The molecule has 64 valence electrons. The van der Waals surface area contributed by atoms with Gasteiger partial charge in [-0.3, -0.25) is 10.00 Å². The van der Waals surface area contributed by atoms with Crippen LogP contribution >= 0.6 is 0 Å². The Balaban J connectivity index is 1.77. The van der Waals surface area contributed by atoms with E-state index in [-0.39, 0.29) is 0 Å². The molecule has 1 saturated heterocycles. The van der Waals surface area contributed by atoms with Crippen molar-refractivity contribution in [2.75, 3.05) is 13.2 Å². The zero-order valence-corrected chi connectivity index (χ0v) is 6.79. The fraction of sp³-hybridized carbons (Fsp3) is 0.625. The number of hydrogen-bond acceptors (Lipinski definition) is 3. The van der Waals surface area contributed by atoms with E-state index < -0.39 is 0 Å². The van der Waals surface area contributed by atoms with Gasteiger partial charge < -0.3 is 4.74 Å². The molecular formula is C8H11N3O. The van der Waals surface area contributed by atoms with E-state index in [1.807, 2.05) is 6.20 Å². The SMILES string of the molecule is c1n[nH]c2c1CN(C1COC1)C2. The molecule has 1 aromatic rings. The zero-order valence-electron chi connectivity index (χ0n) is 6.79. The van der Waals surface area contributed by atoms with Crippen molar-refractivity contribution in [3.8, 4) is 0 Å². The van der Waals surface area contributed by atoms with Crippen molar-refractivity contribution in [2.45, 2.75) is 19.1 Å². The second-order valence-electron chi connectivity index (χ2n) is 3.47. The van der Waals surface area contributed by atoms with Gasteiger partial charge >= 0.3 is 0 Å². The Morgan fingerprint density at radius 2 is 2.42 bits per heavy atom. The molecule has 0 atom stereocenters. The summed E-state index contributed by atoms with van der Waals surface area (Å²) in [4.78, 5) is 2.44. The third kappa shape index (κ3) is 0.820. The lowest BCUT2D eigenvalue weighted by Crippen LogP contribution is -2.46. The molecule has 0 radical (unpaired) electrons. The summed E-state index contributed by atoms with van der Waals surface area (Å²) >= 11 is 0. The molecule has 0 amide bonds. The third-order valence-electron chi connectivity index (χ3n) is 2.68. The first-order chi connectivity index (χ1) is 5.93. The highest BCUT2D eigenvalue weighted by Gasteiger charge is 2.31. The maximum Gasteiger partial charge on any atom is 0.0645 e. The summed E-state index contributed by atoms with van der Waals surface area (Å²) in [5.74, 6) is 0. The number of H-pyrrole nitrogens is 1. The molecule has 3 rings (SSSR count). The van der Waals surface area contributed by atoms with Crippen molar-refractivity contribution in [1.82, 2.24) is 15.1 Å². The van der Waals surface area contributed by atoms with E-state index in [9.17, 15) is 0 Å². The van der Waals surface area contributed by atoms with Crippen molar-refractivity contribution in [3.05, 3.63) is 17.5 Å². The van der Waals surface area contributed by atoms with Gasteiger partial charge in [0.2, 0.25) is 0 Å². The number of nitrogens with zero attached hydrogens (tertiary/aromatic N) is 2. The van der Waals surface area contributed by atoms with Crippen LogP contribution in [0.3, 0.4) is 0 Å². The van der Waals surface area contributed by atoms with E-state index in [1.54, 1.807) is 0 Å². The van der Waals surface area contributed by atoms with E-state index in [0.717, 1.165) is 26.3 Å². The van der Waals surface area contributed by atoms with Crippen LogP contribution in [-0.4, -0.2) is 34.4 Å². The highest BCUT2D eigenvalue weighted by molar-refractivity contribution is 5.21. The largest absolute Gasteiger partial charge is 0.378 e. The lowest BCUT2D eigenvalue weighted by atomic mass is 10.2. The van der Waals surface area contributed by atoms with Crippen LogP contribution in [0.2, 0.25) is 0 Å². The normalized spacial score (nSPS) is 24.0. The van der Waals surface area contributed by atoms with Crippen LogP contribution in [0.4, 0.5) is 0 Å². The average molecular weight is 165 g/mol. The van der Waals surface area contributed by atoms with Gasteiger partial charge in [0.25, 0.3) is 0 Å². The molecule has 2 aliphatic heterocycles. The number of aromatic nitrogens is 2. The van der Waals surface area contributed by atoms with Gasteiger partial charge in [0.15, 0.2) is 0 Å². The molecule has 1 N–H and O–H groups in total. The Kier molecular flexibility index (Phi) is 1.27. The average Bonchev–Trinajstić information content (AvgIpc) is 2.40. The lowest BCUT2D eigenvalue weighted by molar-refractivity contribution is -0.0673. The molecule has 0 spiro atoms. The third-order valence-corrected chi connectivity index (χ3v) is 2.68. The second-order valence-corrected chi connectivity index (χ2v) is 3.47. The molecule has 3 heterocycles. The topological polar surface area (TPSA) is 41.2 Å². The Labute approximate surface area is 70.5 Å². The molecule has 12 heavy (non-hydrogen) atoms. The predicted molar refractivity (Wildman–Crippen MR) is 42.4 cm³/mol. The van der Waals surface area contributed by atoms with Crippen LogP contribution in [0.5, 0.6) is 0 Å². The predicted octanol–water partition coefficient (Wildman–Crippen LogP) is 0.124. The standard InChI is InChI=1S/C8H11N3O/c1-6-2-11(7-4-12-5-7)3-8(6)10-9-1/h1,7H,2-5H2,(H,9,10). The van der Waals surface area contributed by atoms with Crippen molar-refractivity contribution in [3.63, 3.8) is 0 Å². The van der Waals surface area contributed by atoms with Crippen molar-refractivity contribution >= 4 is 0 Å². The highest BCUT2D eigenvalue weighted by atomic mass is 16.5. The minimum Gasteiger partial charge on any atom is -0.378 e. The molecule has 0 bridgehead atoms. The van der Waals surface area contributed by atoms with Crippen molar-refractivity contribution < 1.29 is 4.74 Å². The molecule has 0 aromatic carbocycles. The van der Waals surface area contributed by atoms with Gasteiger partial charge in [0.05, 0.1) is 31.1 Å². The van der Waals surface area contributed by atoms with E-state index in [4.69, 9.17) is 4.74 Å². The Morgan fingerprint density at radius 1 is 1.50 bits per heavy atom. The maximum absolute atomic E-state index is 5.16. The summed E-state index contributed by atoms with van der Waals surface area (Å²) in [5.41, 5.74) is 2.63. The van der Waals surface area contributed by atoms with Crippen LogP contribution in [0, 0.1) is 0 Å². The fourth-order valence-electron chi connectivity index (χ4n) is 1.78. The quantitative estimate of drug-likeness (QED) is 0.642. The number of aromatic amines is 1. The molecule has 1 aromatic heterocycles. The minimum atomic E-state index is 0.644. The molecular weight excluding hydrogens is 154 g/mol. The Morgan fingerprint density at radius 3 is 3.08 bits per heavy atom. The molecule has 4 nitrogen and oxygen atoms in total. The van der Waals surface area contributed by atoms with E-state index >= 15 is 0 Å². The zero-order chi connectivity index (χ0) is 7.97. The van der Waals surface area contributed by atoms with E-state index in [1.165, 1.54) is 11.3 Å². The molecule has 2 aliphatic rings. The first kappa shape index (κ1) is 6.62.